The zero-order valence-electron chi connectivity index (χ0n) is 17.4. The second-order valence-corrected chi connectivity index (χ2v) is 9.04. The quantitative estimate of drug-likeness (QED) is 0.770. The van der Waals surface area contributed by atoms with Crippen LogP contribution in [0.15, 0.2) is 54.6 Å². The number of carbonyl (C=O) groups excluding carboxylic acids is 1. The van der Waals surface area contributed by atoms with E-state index in [1.54, 1.807) is 0 Å². The summed E-state index contributed by atoms with van der Waals surface area (Å²) in [5.41, 5.74) is 2.90. The van der Waals surface area contributed by atoms with Crippen LogP contribution in [0.5, 0.6) is 5.75 Å². The Kier molecular flexibility index (Phi) is 6.35. The number of piperidine rings is 1. The normalized spacial score (nSPS) is 24.3. The lowest BCUT2D eigenvalue weighted by Gasteiger charge is -2.39. The van der Waals surface area contributed by atoms with E-state index < -0.39 is 0 Å². The molecule has 0 aromatic heterocycles. The predicted molar refractivity (Wildman–Crippen MR) is 121 cm³/mol. The molecule has 2 aliphatic heterocycles. The summed E-state index contributed by atoms with van der Waals surface area (Å²) in [6.45, 7) is 4.74. The summed E-state index contributed by atoms with van der Waals surface area (Å²) >= 11 is 0. The molecule has 0 radical (unpaired) electrons. The fourth-order valence-electron chi connectivity index (χ4n) is 5.05. The van der Waals surface area contributed by atoms with E-state index in [0.29, 0.717) is 23.8 Å². The largest absolute Gasteiger partial charge is 0.489 e. The molecule has 3 fully saturated rings. The number of hydrogen-bond donors (Lipinski definition) is 1. The van der Waals surface area contributed by atoms with Crippen LogP contribution in [-0.2, 0) is 11.4 Å². The number of carbonyl (C=O) groups is 1. The second-order valence-electron chi connectivity index (χ2n) is 9.04. The first-order chi connectivity index (χ1) is 14.2. The molecule has 2 aromatic rings. The molecule has 0 bridgehead atoms. The third-order valence-electron chi connectivity index (χ3n) is 7.13. The molecule has 1 N–H and O–H groups in total. The molecular formula is C25H31ClN2O2. The highest BCUT2D eigenvalue weighted by Crippen LogP contribution is 2.49. The van der Waals surface area contributed by atoms with Crippen molar-refractivity contribution in [3.8, 4) is 5.75 Å². The van der Waals surface area contributed by atoms with Crippen LogP contribution in [0.2, 0.25) is 0 Å². The van der Waals surface area contributed by atoms with Gasteiger partial charge in [0.05, 0.1) is 0 Å². The number of ether oxygens (including phenoxy) is 1. The lowest BCUT2D eigenvalue weighted by Crippen LogP contribution is -2.44. The maximum absolute atomic E-state index is 13.0. The minimum Gasteiger partial charge on any atom is -0.489 e. The van der Waals surface area contributed by atoms with Crippen LogP contribution in [0.25, 0.3) is 0 Å². The molecule has 4 nitrogen and oxygen atoms in total. The van der Waals surface area contributed by atoms with E-state index >= 15 is 0 Å². The minimum absolute atomic E-state index is 0. The number of hydrogen-bond acceptors (Lipinski definition) is 3. The van der Waals surface area contributed by atoms with Crippen molar-refractivity contribution in [2.45, 2.75) is 38.2 Å². The van der Waals surface area contributed by atoms with Gasteiger partial charge >= 0.3 is 0 Å². The fraction of sp³-hybridized carbons (Fsp3) is 0.480. The molecular weight excluding hydrogens is 396 g/mol. The van der Waals surface area contributed by atoms with Gasteiger partial charge in [0.1, 0.15) is 12.4 Å². The lowest BCUT2D eigenvalue weighted by molar-refractivity contribution is -0.134. The smallest absolute Gasteiger partial charge is 0.226 e. The van der Waals surface area contributed by atoms with E-state index in [9.17, 15) is 4.79 Å². The van der Waals surface area contributed by atoms with E-state index in [-0.39, 0.29) is 18.3 Å². The monoisotopic (exact) mass is 426 g/mol. The van der Waals surface area contributed by atoms with Gasteiger partial charge in [0.2, 0.25) is 5.91 Å². The number of benzene rings is 2. The first-order valence-electron chi connectivity index (χ1n) is 11.0. The van der Waals surface area contributed by atoms with E-state index in [1.807, 2.05) is 30.3 Å². The first kappa shape index (κ1) is 21.2. The maximum Gasteiger partial charge on any atom is 0.226 e. The summed E-state index contributed by atoms with van der Waals surface area (Å²) in [7, 11) is 0. The fourth-order valence-corrected chi connectivity index (χ4v) is 5.05. The highest BCUT2D eigenvalue weighted by Gasteiger charge is 2.47. The van der Waals surface area contributed by atoms with Crippen molar-refractivity contribution < 1.29 is 9.53 Å². The van der Waals surface area contributed by atoms with Gasteiger partial charge in [-0.3, -0.25) is 4.79 Å². The third-order valence-corrected chi connectivity index (χ3v) is 7.13. The standard InChI is InChI=1S/C25H30N2O2.ClH/c28-24(27-14-11-25(12-15-27)10-13-26-18-25)23-16-22(23)20-6-8-21(9-7-20)29-17-19-4-2-1-3-5-19;/h1-9,22-23,26H,10-18H2;1H. The Labute approximate surface area is 185 Å². The third kappa shape index (κ3) is 4.50. The van der Waals surface area contributed by atoms with Gasteiger partial charge in [-0.1, -0.05) is 42.5 Å². The van der Waals surface area contributed by atoms with Crippen molar-refractivity contribution in [3.63, 3.8) is 0 Å². The minimum atomic E-state index is 0. The number of likely N-dealkylation sites (tertiary alicyclic amines) is 1. The van der Waals surface area contributed by atoms with E-state index in [1.165, 1.54) is 17.5 Å². The van der Waals surface area contributed by atoms with Crippen molar-refractivity contribution in [2.24, 2.45) is 11.3 Å². The van der Waals surface area contributed by atoms with Crippen LogP contribution in [0.4, 0.5) is 0 Å². The molecule has 2 atom stereocenters. The molecule has 1 amide bonds. The van der Waals surface area contributed by atoms with Crippen LogP contribution in [0.3, 0.4) is 0 Å². The van der Waals surface area contributed by atoms with Gasteiger partial charge in [-0.2, -0.15) is 0 Å². The van der Waals surface area contributed by atoms with Crippen LogP contribution in [-0.4, -0.2) is 37.0 Å². The van der Waals surface area contributed by atoms with Crippen LogP contribution in [0, 0.1) is 11.3 Å². The van der Waals surface area contributed by atoms with Crippen LogP contribution in [0.1, 0.15) is 42.7 Å². The SMILES string of the molecule is Cl.O=C(C1CC1c1ccc(OCc2ccccc2)cc1)N1CCC2(CCNC2)CC1. The van der Waals surface area contributed by atoms with Gasteiger partial charge in [-0.05, 0) is 66.8 Å². The van der Waals surface area contributed by atoms with E-state index in [0.717, 1.165) is 51.2 Å². The molecule has 5 rings (SSSR count). The Morgan fingerprint density at radius 3 is 2.43 bits per heavy atom. The number of nitrogens with one attached hydrogen (secondary N) is 1. The topological polar surface area (TPSA) is 41.6 Å². The van der Waals surface area contributed by atoms with Gasteiger partial charge in [-0.25, -0.2) is 0 Å². The molecule has 30 heavy (non-hydrogen) atoms. The highest BCUT2D eigenvalue weighted by molar-refractivity contribution is 5.85. The maximum atomic E-state index is 13.0. The van der Waals surface area contributed by atoms with Gasteiger partial charge < -0.3 is 15.0 Å². The van der Waals surface area contributed by atoms with Crippen LogP contribution < -0.4 is 10.1 Å². The molecule has 1 saturated carbocycles. The molecule has 3 aliphatic rings. The molecule has 160 valence electrons. The summed E-state index contributed by atoms with van der Waals surface area (Å²) in [6, 6.07) is 18.5. The Morgan fingerprint density at radius 1 is 1.03 bits per heavy atom. The zero-order chi connectivity index (χ0) is 19.7. The summed E-state index contributed by atoms with van der Waals surface area (Å²) in [5, 5.41) is 3.50. The van der Waals surface area contributed by atoms with Crippen molar-refractivity contribution in [1.29, 1.82) is 0 Å². The predicted octanol–water partition coefficient (Wildman–Crippen LogP) is 4.39. The molecule has 5 heteroatoms. The molecule has 2 saturated heterocycles. The average Bonchev–Trinajstić information content (AvgIpc) is 3.46. The first-order valence-corrected chi connectivity index (χ1v) is 11.0. The Morgan fingerprint density at radius 2 is 1.77 bits per heavy atom. The molecule has 1 aliphatic carbocycles. The Balaban J connectivity index is 0.00000218. The summed E-state index contributed by atoms with van der Waals surface area (Å²) in [5.74, 6) is 1.82. The summed E-state index contributed by atoms with van der Waals surface area (Å²) in [6.07, 6.45) is 4.60. The molecule has 1 spiro atoms. The molecule has 2 unspecified atom stereocenters. The van der Waals surface area contributed by atoms with Crippen molar-refractivity contribution >= 4 is 18.3 Å². The second kappa shape index (κ2) is 8.99. The van der Waals surface area contributed by atoms with E-state index in [2.05, 4.69) is 34.5 Å². The highest BCUT2D eigenvalue weighted by atomic mass is 35.5. The lowest BCUT2D eigenvalue weighted by atomic mass is 9.78. The number of nitrogens with zero attached hydrogens (tertiary/aromatic N) is 1. The summed E-state index contributed by atoms with van der Waals surface area (Å²) < 4.78 is 5.88. The average molecular weight is 427 g/mol. The van der Waals surface area contributed by atoms with Crippen molar-refractivity contribution in [3.05, 3.63) is 65.7 Å². The van der Waals surface area contributed by atoms with Gasteiger partial charge in [0.25, 0.3) is 0 Å². The van der Waals surface area contributed by atoms with E-state index in [4.69, 9.17) is 4.74 Å². The van der Waals surface area contributed by atoms with Crippen molar-refractivity contribution in [2.75, 3.05) is 26.2 Å². The van der Waals surface area contributed by atoms with Crippen molar-refractivity contribution in [1.82, 2.24) is 10.2 Å². The summed E-state index contributed by atoms with van der Waals surface area (Å²) in [4.78, 5) is 15.1. The molecule has 2 aromatic carbocycles. The van der Waals surface area contributed by atoms with Gasteiger partial charge in [0.15, 0.2) is 0 Å². The number of amides is 1. The van der Waals surface area contributed by atoms with Gasteiger partial charge in [0, 0.05) is 25.6 Å². The number of rotatable bonds is 5. The molecule has 2 heterocycles. The zero-order valence-corrected chi connectivity index (χ0v) is 18.2. The number of halogens is 1. The van der Waals surface area contributed by atoms with Gasteiger partial charge in [-0.15, -0.1) is 12.4 Å². The van der Waals surface area contributed by atoms with Crippen LogP contribution >= 0.6 is 12.4 Å². The Bertz CT molecular complexity index is 839. The Hall–Kier alpha value is -2.04.